The van der Waals surface area contributed by atoms with Gasteiger partial charge in [-0.05, 0) is 43.5 Å². The molecule has 19 heavy (non-hydrogen) atoms. The predicted octanol–water partition coefficient (Wildman–Crippen LogP) is 1.01. The zero-order chi connectivity index (χ0) is 14.0. The summed E-state index contributed by atoms with van der Waals surface area (Å²) in [7, 11) is -3.58. The molecule has 6 heteroatoms. The smallest absolute Gasteiger partial charge is 0.243 e. The van der Waals surface area contributed by atoms with E-state index in [1.165, 1.54) is 22.5 Å². The molecule has 1 aliphatic rings. The van der Waals surface area contributed by atoms with Gasteiger partial charge in [0.25, 0.3) is 0 Å². The number of rotatable bonds is 2. The average Bonchev–Trinajstić information content (AvgIpc) is 2.38. The van der Waals surface area contributed by atoms with E-state index in [0.29, 0.717) is 30.5 Å². The Labute approximate surface area is 113 Å². The molecular weight excluding hydrogens is 264 g/mol. The Morgan fingerprint density at radius 1 is 1.47 bits per heavy atom. The second-order valence-electron chi connectivity index (χ2n) is 4.75. The summed E-state index contributed by atoms with van der Waals surface area (Å²) >= 11 is 0. The lowest BCUT2D eigenvalue weighted by Gasteiger charge is -2.29. The maximum atomic E-state index is 12.4. The molecule has 1 N–H and O–H groups in total. The molecule has 1 atom stereocenters. The summed E-state index contributed by atoms with van der Waals surface area (Å²) in [4.78, 5) is 0.179. The maximum Gasteiger partial charge on any atom is 0.243 e. The van der Waals surface area contributed by atoms with Crippen molar-refractivity contribution in [3.63, 3.8) is 0 Å². The third-order valence-corrected chi connectivity index (χ3v) is 5.18. The lowest BCUT2D eigenvalue weighted by Crippen LogP contribution is -2.42. The highest BCUT2D eigenvalue weighted by atomic mass is 32.2. The Hall–Kier alpha value is -1.42. The van der Waals surface area contributed by atoms with Gasteiger partial charge < -0.3 is 5.11 Å². The molecule has 0 aromatic heterocycles. The van der Waals surface area contributed by atoms with Gasteiger partial charge in [0.15, 0.2) is 0 Å². The maximum absolute atomic E-state index is 12.4. The van der Waals surface area contributed by atoms with Crippen molar-refractivity contribution in [3.05, 3.63) is 29.3 Å². The molecule has 0 bridgehead atoms. The summed E-state index contributed by atoms with van der Waals surface area (Å²) in [5, 5.41) is 18.4. The minimum absolute atomic E-state index is 0.140. The van der Waals surface area contributed by atoms with Gasteiger partial charge in [0.1, 0.15) is 0 Å². The van der Waals surface area contributed by atoms with Crippen molar-refractivity contribution in [2.24, 2.45) is 0 Å². The molecule has 1 heterocycles. The Kier molecular flexibility index (Phi) is 3.90. The van der Waals surface area contributed by atoms with E-state index < -0.39 is 16.1 Å². The zero-order valence-electron chi connectivity index (χ0n) is 10.7. The van der Waals surface area contributed by atoms with E-state index in [1.807, 2.05) is 6.07 Å². The third-order valence-electron chi connectivity index (χ3n) is 3.32. The second kappa shape index (κ2) is 5.29. The number of hydrogen-bond donors (Lipinski definition) is 1. The van der Waals surface area contributed by atoms with Gasteiger partial charge in [0, 0.05) is 13.1 Å². The van der Waals surface area contributed by atoms with Gasteiger partial charge in [-0.25, -0.2) is 8.42 Å². The Bertz CT molecular complexity index is 619. The van der Waals surface area contributed by atoms with Gasteiger partial charge in [-0.15, -0.1) is 0 Å². The van der Waals surface area contributed by atoms with E-state index in [4.69, 9.17) is 5.26 Å². The highest BCUT2D eigenvalue weighted by Gasteiger charge is 2.29. The van der Waals surface area contributed by atoms with Crippen LogP contribution in [0.3, 0.4) is 0 Å². The molecule has 0 saturated carbocycles. The number of nitriles is 1. The fraction of sp³-hybridized carbons (Fsp3) is 0.462. The molecular formula is C13H16N2O3S. The van der Waals surface area contributed by atoms with Crippen molar-refractivity contribution in [2.75, 3.05) is 13.1 Å². The van der Waals surface area contributed by atoms with E-state index in [-0.39, 0.29) is 11.4 Å². The van der Waals surface area contributed by atoms with Crippen LogP contribution in [0.1, 0.15) is 24.0 Å². The van der Waals surface area contributed by atoms with E-state index >= 15 is 0 Å². The van der Waals surface area contributed by atoms with Crippen molar-refractivity contribution < 1.29 is 13.5 Å². The fourth-order valence-corrected chi connectivity index (χ4v) is 3.81. The van der Waals surface area contributed by atoms with Crippen molar-refractivity contribution in [1.29, 1.82) is 5.26 Å². The van der Waals surface area contributed by atoms with E-state index in [9.17, 15) is 13.5 Å². The molecule has 0 radical (unpaired) electrons. The fourth-order valence-electron chi connectivity index (χ4n) is 2.21. The highest BCUT2D eigenvalue weighted by molar-refractivity contribution is 7.89. The van der Waals surface area contributed by atoms with Crippen molar-refractivity contribution >= 4 is 10.0 Å². The summed E-state index contributed by atoms with van der Waals surface area (Å²) in [5.74, 6) is 0. The molecule has 0 spiro atoms. The number of hydrogen-bond acceptors (Lipinski definition) is 4. The first-order valence-electron chi connectivity index (χ1n) is 6.14. The predicted molar refractivity (Wildman–Crippen MR) is 69.9 cm³/mol. The van der Waals surface area contributed by atoms with Crippen LogP contribution in [0.4, 0.5) is 0 Å². The summed E-state index contributed by atoms with van der Waals surface area (Å²) < 4.78 is 26.1. The highest BCUT2D eigenvalue weighted by Crippen LogP contribution is 2.22. The number of sulfonamides is 1. The normalized spacial score (nSPS) is 21.0. The Morgan fingerprint density at radius 2 is 2.21 bits per heavy atom. The molecule has 5 nitrogen and oxygen atoms in total. The van der Waals surface area contributed by atoms with Crippen LogP contribution in [0.5, 0.6) is 0 Å². The Balaban J connectivity index is 2.34. The summed E-state index contributed by atoms with van der Waals surface area (Å²) in [6.07, 6.45) is 0.705. The number of aryl methyl sites for hydroxylation is 1. The third kappa shape index (κ3) is 2.78. The lowest BCUT2D eigenvalue weighted by molar-refractivity contribution is 0.108. The van der Waals surface area contributed by atoms with Crippen LogP contribution >= 0.6 is 0 Å². The van der Waals surface area contributed by atoms with Crippen LogP contribution in [0.2, 0.25) is 0 Å². The molecule has 102 valence electrons. The first kappa shape index (κ1) is 14.0. The van der Waals surface area contributed by atoms with Gasteiger partial charge in [-0.3, -0.25) is 0 Å². The van der Waals surface area contributed by atoms with Crippen LogP contribution in [0.15, 0.2) is 23.1 Å². The van der Waals surface area contributed by atoms with Crippen LogP contribution in [-0.4, -0.2) is 37.0 Å². The monoisotopic (exact) mass is 280 g/mol. The molecule has 1 fully saturated rings. The first-order valence-corrected chi connectivity index (χ1v) is 7.58. The molecule has 1 aliphatic heterocycles. The molecule has 0 aliphatic carbocycles. The number of aliphatic hydroxyl groups is 1. The van der Waals surface area contributed by atoms with E-state index in [2.05, 4.69) is 0 Å². The minimum Gasteiger partial charge on any atom is -0.392 e. The van der Waals surface area contributed by atoms with Gasteiger partial charge in [0.2, 0.25) is 10.0 Å². The molecule has 1 unspecified atom stereocenters. The number of β-amino-alcohol motifs (C(OH)–C–C–N with tert-alkyl or cyclic N) is 1. The lowest BCUT2D eigenvalue weighted by atomic mass is 10.1. The summed E-state index contributed by atoms with van der Waals surface area (Å²) in [5.41, 5.74) is 1.11. The second-order valence-corrected chi connectivity index (χ2v) is 6.69. The van der Waals surface area contributed by atoms with Crippen LogP contribution in [-0.2, 0) is 10.0 Å². The topological polar surface area (TPSA) is 81.4 Å². The van der Waals surface area contributed by atoms with Crippen LogP contribution in [0.25, 0.3) is 0 Å². The van der Waals surface area contributed by atoms with E-state index in [1.54, 1.807) is 6.92 Å². The molecule has 0 amide bonds. The molecule has 1 aromatic rings. The van der Waals surface area contributed by atoms with Crippen LogP contribution in [0, 0.1) is 18.3 Å². The summed E-state index contributed by atoms with van der Waals surface area (Å²) in [6.45, 7) is 2.28. The number of piperidine rings is 1. The quantitative estimate of drug-likeness (QED) is 0.876. The van der Waals surface area contributed by atoms with Gasteiger partial charge in [0.05, 0.1) is 22.6 Å². The average molecular weight is 280 g/mol. The minimum atomic E-state index is -3.58. The zero-order valence-corrected chi connectivity index (χ0v) is 11.5. The standard InChI is InChI=1S/C13H16N2O3S/c1-10-7-13(5-4-11(10)8-14)19(17,18)15-6-2-3-12(16)9-15/h4-5,7,12,16H,2-3,6,9H2,1H3. The van der Waals surface area contributed by atoms with Crippen molar-refractivity contribution in [3.8, 4) is 6.07 Å². The molecule has 2 rings (SSSR count). The van der Waals surface area contributed by atoms with Crippen LogP contribution < -0.4 is 0 Å². The molecule has 1 aromatic carbocycles. The Morgan fingerprint density at radius 3 is 2.79 bits per heavy atom. The SMILES string of the molecule is Cc1cc(S(=O)(=O)N2CCCC(O)C2)ccc1C#N. The van der Waals surface area contributed by atoms with E-state index in [0.717, 1.165) is 0 Å². The number of nitrogens with zero attached hydrogens (tertiary/aromatic N) is 2. The number of benzene rings is 1. The van der Waals surface area contributed by atoms with Gasteiger partial charge >= 0.3 is 0 Å². The summed E-state index contributed by atoms with van der Waals surface area (Å²) in [6, 6.07) is 6.48. The molecule has 1 saturated heterocycles. The van der Waals surface area contributed by atoms with Crippen molar-refractivity contribution in [2.45, 2.75) is 30.8 Å². The first-order chi connectivity index (χ1) is 8.95. The van der Waals surface area contributed by atoms with Gasteiger partial charge in [-0.2, -0.15) is 9.57 Å². The largest absolute Gasteiger partial charge is 0.392 e. The van der Waals surface area contributed by atoms with Crippen molar-refractivity contribution in [1.82, 2.24) is 4.31 Å². The number of aliphatic hydroxyl groups excluding tert-OH is 1. The van der Waals surface area contributed by atoms with Gasteiger partial charge in [-0.1, -0.05) is 0 Å².